The summed E-state index contributed by atoms with van der Waals surface area (Å²) in [5, 5.41) is 46.1. The summed E-state index contributed by atoms with van der Waals surface area (Å²) in [7, 11) is 0. The number of aliphatic carboxylic acids is 1. The van der Waals surface area contributed by atoms with Crippen LogP contribution < -0.4 is 19.5 Å². The van der Waals surface area contributed by atoms with Gasteiger partial charge >= 0.3 is 11.8 Å². The quantitative estimate of drug-likeness (QED) is 0.319. The van der Waals surface area contributed by atoms with Crippen molar-refractivity contribution in [1.82, 2.24) is 15.0 Å². The van der Waals surface area contributed by atoms with Crippen LogP contribution in [0.4, 0.5) is 15.9 Å². The Morgan fingerprint density at radius 3 is 2.64 bits per heavy atom. The van der Waals surface area contributed by atoms with Crippen molar-refractivity contribution in [2.45, 2.75) is 33.2 Å². The zero-order chi connectivity index (χ0) is 23.9. The van der Waals surface area contributed by atoms with Gasteiger partial charge in [-0.3, -0.25) is 0 Å². The van der Waals surface area contributed by atoms with Crippen LogP contribution in [0.2, 0.25) is 0 Å². The number of aromatic nitrogens is 5. The first kappa shape index (κ1) is 22.0. The fourth-order valence-electron chi connectivity index (χ4n) is 3.65. The molecule has 2 aromatic carbocycles. The van der Waals surface area contributed by atoms with Crippen LogP contribution in [0.15, 0.2) is 30.3 Å². The van der Waals surface area contributed by atoms with Crippen molar-refractivity contribution in [1.29, 1.82) is 0 Å². The van der Waals surface area contributed by atoms with Crippen LogP contribution in [0.3, 0.4) is 0 Å². The number of anilines is 2. The van der Waals surface area contributed by atoms with Gasteiger partial charge in [-0.1, -0.05) is 12.1 Å². The van der Waals surface area contributed by atoms with Gasteiger partial charge < -0.3 is 20.3 Å². The standard InChI is InChI=1S/C21H21FN6O5/c1-4-15(21(29)30)26-16-7-6-12(8-14(16)24-25-26)23-20-11(3)27(31)17-9-13(22)19(33-5-2)10-18(17)28(20)32/h6-10,15,23H,4-5H2,1-3H3,(H,29,30). The Labute approximate surface area is 186 Å². The highest BCUT2D eigenvalue weighted by molar-refractivity contribution is 5.82. The van der Waals surface area contributed by atoms with Gasteiger partial charge in [0.2, 0.25) is 5.52 Å². The molecule has 0 aliphatic heterocycles. The minimum absolute atomic E-state index is 0.0294. The number of benzene rings is 2. The molecule has 1 atom stereocenters. The molecular formula is C21H21FN6O5. The van der Waals surface area contributed by atoms with Crippen LogP contribution in [0.25, 0.3) is 22.1 Å². The maximum Gasteiger partial charge on any atom is 0.352 e. The van der Waals surface area contributed by atoms with Crippen molar-refractivity contribution < 1.29 is 28.5 Å². The molecule has 2 aromatic heterocycles. The first-order chi connectivity index (χ1) is 15.8. The molecule has 4 rings (SSSR count). The lowest BCUT2D eigenvalue weighted by molar-refractivity contribution is -0.623. The first-order valence-corrected chi connectivity index (χ1v) is 10.2. The van der Waals surface area contributed by atoms with E-state index in [0.717, 1.165) is 6.07 Å². The Hall–Kier alpha value is -4.22. The third-order valence-corrected chi connectivity index (χ3v) is 5.32. The fourth-order valence-corrected chi connectivity index (χ4v) is 3.65. The number of carbonyl (C=O) groups is 1. The lowest BCUT2D eigenvalue weighted by Gasteiger charge is -2.15. The summed E-state index contributed by atoms with van der Waals surface area (Å²) >= 11 is 0. The second-order valence-corrected chi connectivity index (χ2v) is 7.35. The van der Waals surface area contributed by atoms with Crippen LogP contribution in [-0.4, -0.2) is 32.7 Å². The van der Waals surface area contributed by atoms with Gasteiger partial charge in [-0.25, -0.2) is 23.9 Å². The number of nitrogens with zero attached hydrogens (tertiary/aromatic N) is 5. The molecule has 0 aliphatic rings. The Bertz CT molecular complexity index is 1390. The van der Waals surface area contributed by atoms with Gasteiger partial charge in [0.1, 0.15) is 11.2 Å². The average molecular weight is 456 g/mol. The maximum atomic E-state index is 14.2. The van der Waals surface area contributed by atoms with Gasteiger partial charge in [-0.2, -0.15) is 4.73 Å². The number of halogens is 1. The van der Waals surface area contributed by atoms with Crippen molar-refractivity contribution in [3.05, 3.63) is 52.3 Å². The Morgan fingerprint density at radius 2 is 1.97 bits per heavy atom. The van der Waals surface area contributed by atoms with Gasteiger partial charge in [-0.15, -0.1) is 5.10 Å². The van der Waals surface area contributed by atoms with E-state index in [0.29, 0.717) is 32.6 Å². The van der Waals surface area contributed by atoms with E-state index in [2.05, 4.69) is 15.6 Å². The Kier molecular flexibility index (Phi) is 5.58. The van der Waals surface area contributed by atoms with Crippen LogP contribution in [0, 0.1) is 23.2 Å². The third kappa shape index (κ3) is 3.69. The van der Waals surface area contributed by atoms with Crippen molar-refractivity contribution in [2.75, 3.05) is 11.9 Å². The summed E-state index contributed by atoms with van der Waals surface area (Å²) in [6, 6.07) is 6.12. The van der Waals surface area contributed by atoms with E-state index in [4.69, 9.17) is 4.74 Å². The molecule has 0 spiro atoms. The van der Waals surface area contributed by atoms with E-state index in [1.807, 2.05) is 0 Å². The molecule has 33 heavy (non-hydrogen) atoms. The van der Waals surface area contributed by atoms with E-state index < -0.39 is 17.8 Å². The molecule has 0 saturated carbocycles. The highest BCUT2D eigenvalue weighted by Gasteiger charge is 2.26. The summed E-state index contributed by atoms with van der Waals surface area (Å²) < 4.78 is 21.7. The van der Waals surface area contributed by atoms with E-state index in [-0.39, 0.29) is 34.9 Å². The van der Waals surface area contributed by atoms with E-state index in [1.54, 1.807) is 32.0 Å². The number of nitrogens with one attached hydrogen (secondary N) is 1. The van der Waals surface area contributed by atoms with Crippen molar-refractivity contribution in [3.63, 3.8) is 0 Å². The second kappa shape index (κ2) is 8.37. The maximum absolute atomic E-state index is 14.2. The molecule has 11 nitrogen and oxygen atoms in total. The highest BCUT2D eigenvalue weighted by Crippen LogP contribution is 2.26. The predicted octanol–water partition coefficient (Wildman–Crippen LogP) is 2.48. The van der Waals surface area contributed by atoms with E-state index in [1.165, 1.54) is 17.7 Å². The van der Waals surface area contributed by atoms with Crippen LogP contribution >= 0.6 is 0 Å². The van der Waals surface area contributed by atoms with Gasteiger partial charge in [0.15, 0.2) is 17.6 Å². The SMILES string of the molecule is CCOc1cc2c(cc1F)[n+]([O-])c(C)c(Nc1ccc3c(c1)nnn3C(CC)C(=O)O)[n+]2[O-]. The van der Waals surface area contributed by atoms with Crippen molar-refractivity contribution >= 4 is 39.5 Å². The minimum atomic E-state index is -1.02. The number of fused-ring (bicyclic) bond motifs is 2. The molecule has 2 heterocycles. The molecule has 12 heteroatoms. The lowest BCUT2D eigenvalue weighted by Crippen LogP contribution is -2.43. The fraction of sp³-hybridized carbons (Fsp3) is 0.286. The van der Waals surface area contributed by atoms with Gasteiger partial charge in [-0.05, 0) is 25.5 Å². The number of ether oxygens (including phenoxy) is 1. The molecule has 0 radical (unpaired) electrons. The molecule has 4 aromatic rings. The summed E-state index contributed by atoms with van der Waals surface area (Å²) in [6.07, 6.45) is 0.327. The van der Waals surface area contributed by atoms with Crippen LogP contribution in [0.1, 0.15) is 32.0 Å². The lowest BCUT2D eigenvalue weighted by atomic mass is 10.2. The van der Waals surface area contributed by atoms with Crippen LogP contribution in [-0.2, 0) is 4.79 Å². The molecule has 2 N–H and O–H groups in total. The third-order valence-electron chi connectivity index (χ3n) is 5.32. The Balaban J connectivity index is 1.78. The topological polar surface area (TPSA) is 143 Å². The number of carboxylic acids is 1. The summed E-state index contributed by atoms with van der Waals surface area (Å²) in [5.41, 5.74) is 1.18. The van der Waals surface area contributed by atoms with Crippen LogP contribution in [0.5, 0.6) is 5.75 Å². The monoisotopic (exact) mass is 456 g/mol. The van der Waals surface area contributed by atoms with Gasteiger partial charge in [0.25, 0.3) is 11.2 Å². The number of rotatable bonds is 7. The zero-order valence-electron chi connectivity index (χ0n) is 18.1. The minimum Gasteiger partial charge on any atom is -0.710 e. The smallest absolute Gasteiger partial charge is 0.352 e. The first-order valence-electron chi connectivity index (χ1n) is 10.2. The summed E-state index contributed by atoms with van der Waals surface area (Å²) in [5.74, 6) is -1.95. The molecular weight excluding hydrogens is 435 g/mol. The second-order valence-electron chi connectivity index (χ2n) is 7.35. The van der Waals surface area contributed by atoms with Crippen molar-refractivity contribution in [2.24, 2.45) is 0 Å². The van der Waals surface area contributed by atoms with E-state index >= 15 is 0 Å². The van der Waals surface area contributed by atoms with Gasteiger partial charge in [0.05, 0.1) is 18.2 Å². The number of hydrogen-bond acceptors (Lipinski definition) is 7. The normalized spacial score (nSPS) is 12.2. The molecule has 1 unspecified atom stereocenters. The summed E-state index contributed by atoms with van der Waals surface area (Å²) in [6.45, 7) is 5.04. The molecule has 0 amide bonds. The molecule has 0 aliphatic carbocycles. The summed E-state index contributed by atoms with van der Waals surface area (Å²) in [4.78, 5) is 11.5. The predicted molar refractivity (Wildman–Crippen MR) is 116 cm³/mol. The molecule has 0 saturated heterocycles. The average Bonchev–Trinajstić information content (AvgIpc) is 3.19. The Morgan fingerprint density at radius 1 is 1.24 bits per heavy atom. The van der Waals surface area contributed by atoms with Gasteiger partial charge in [0, 0.05) is 19.1 Å². The molecule has 172 valence electrons. The largest absolute Gasteiger partial charge is 0.710 e. The molecule has 0 bridgehead atoms. The highest BCUT2D eigenvalue weighted by atomic mass is 19.1. The molecule has 0 fully saturated rings. The zero-order valence-corrected chi connectivity index (χ0v) is 18.1. The number of hydrogen-bond donors (Lipinski definition) is 2. The van der Waals surface area contributed by atoms with E-state index in [9.17, 15) is 24.7 Å². The van der Waals surface area contributed by atoms with Crippen molar-refractivity contribution in [3.8, 4) is 5.75 Å². The number of carboxylic acid groups (broad SMARTS) is 1.